The van der Waals surface area contributed by atoms with Crippen molar-refractivity contribution in [2.75, 3.05) is 36.8 Å². The van der Waals surface area contributed by atoms with Crippen LogP contribution in [-0.4, -0.2) is 57.5 Å². The summed E-state index contributed by atoms with van der Waals surface area (Å²) in [5.41, 5.74) is 3.41. The molecule has 0 radical (unpaired) electrons. The molecular weight excluding hydrogens is 422 g/mol. The molecule has 0 bridgehead atoms. The van der Waals surface area contributed by atoms with Crippen molar-refractivity contribution < 1.29 is 9.53 Å². The Balaban J connectivity index is 1.27. The van der Waals surface area contributed by atoms with Crippen LogP contribution in [0.15, 0.2) is 53.7 Å². The molecular formula is C24H29N5O2S. The highest BCUT2D eigenvalue weighted by atomic mass is 32.2. The Hall–Kier alpha value is -3.00. The number of rotatable bonds is 7. The molecule has 32 heavy (non-hydrogen) atoms. The third kappa shape index (κ3) is 5.07. The standard InChI is InChI=1S/C24H29N5O2S/c1-18-8-7-9-19(2)23(18)31-16-21-25-26-24(27(21)3)32-17-22(30)29-14-12-28(13-15-29)20-10-5-4-6-11-20/h4-11H,12-17H2,1-3H3. The average molecular weight is 452 g/mol. The first-order valence-electron chi connectivity index (χ1n) is 10.8. The molecule has 1 fully saturated rings. The van der Waals surface area contributed by atoms with Gasteiger partial charge in [0.25, 0.3) is 0 Å². The minimum Gasteiger partial charge on any atom is -0.485 e. The summed E-state index contributed by atoms with van der Waals surface area (Å²) in [6.45, 7) is 7.58. The Morgan fingerprint density at radius 1 is 0.969 bits per heavy atom. The molecule has 3 aromatic rings. The van der Waals surface area contributed by atoms with E-state index in [0.29, 0.717) is 12.4 Å². The molecule has 7 nitrogen and oxygen atoms in total. The van der Waals surface area contributed by atoms with Crippen LogP contribution in [0.25, 0.3) is 0 Å². The van der Waals surface area contributed by atoms with Crippen LogP contribution in [0.4, 0.5) is 5.69 Å². The number of thioether (sulfide) groups is 1. The number of carbonyl (C=O) groups is 1. The third-order valence-corrected chi connectivity index (χ3v) is 6.76. The molecule has 2 heterocycles. The van der Waals surface area contributed by atoms with E-state index in [-0.39, 0.29) is 5.91 Å². The van der Waals surface area contributed by atoms with E-state index in [9.17, 15) is 4.79 Å². The Labute approximate surface area is 193 Å². The van der Waals surface area contributed by atoms with Gasteiger partial charge in [0.2, 0.25) is 5.91 Å². The topological polar surface area (TPSA) is 63.5 Å². The summed E-state index contributed by atoms with van der Waals surface area (Å²) in [6.07, 6.45) is 0. The number of anilines is 1. The predicted molar refractivity (Wildman–Crippen MR) is 127 cm³/mol. The highest BCUT2D eigenvalue weighted by Crippen LogP contribution is 2.24. The number of benzene rings is 2. The second-order valence-corrected chi connectivity index (χ2v) is 8.90. The summed E-state index contributed by atoms with van der Waals surface area (Å²) in [5, 5.41) is 9.24. The Kier molecular flexibility index (Phi) is 6.99. The molecule has 1 aliphatic heterocycles. The van der Waals surface area contributed by atoms with Gasteiger partial charge in [-0.05, 0) is 37.1 Å². The van der Waals surface area contributed by atoms with Gasteiger partial charge >= 0.3 is 0 Å². The quantitative estimate of drug-likeness (QED) is 0.513. The van der Waals surface area contributed by atoms with Crippen molar-refractivity contribution in [3.63, 3.8) is 0 Å². The number of piperazine rings is 1. The lowest BCUT2D eigenvalue weighted by Gasteiger charge is -2.36. The van der Waals surface area contributed by atoms with E-state index in [2.05, 4.69) is 27.2 Å². The second-order valence-electron chi connectivity index (χ2n) is 7.96. The Morgan fingerprint density at radius 3 is 2.34 bits per heavy atom. The smallest absolute Gasteiger partial charge is 0.233 e. The highest BCUT2D eigenvalue weighted by molar-refractivity contribution is 7.99. The van der Waals surface area contributed by atoms with Crippen LogP contribution in [-0.2, 0) is 18.4 Å². The summed E-state index contributed by atoms with van der Waals surface area (Å²) in [4.78, 5) is 17.0. The third-order valence-electron chi connectivity index (χ3n) is 5.76. The van der Waals surface area contributed by atoms with Crippen molar-refractivity contribution in [3.05, 3.63) is 65.5 Å². The molecule has 168 valence electrons. The van der Waals surface area contributed by atoms with Crippen LogP contribution in [0.1, 0.15) is 17.0 Å². The van der Waals surface area contributed by atoms with E-state index < -0.39 is 0 Å². The molecule has 1 amide bonds. The lowest BCUT2D eigenvalue weighted by atomic mass is 10.1. The number of amides is 1. The number of para-hydroxylation sites is 2. The first-order valence-corrected chi connectivity index (χ1v) is 11.8. The molecule has 0 unspecified atom stereocenters. The van der Waals surface area contributed by atoms with Gasteiger partial charge in [0.1, 0.15) is 12.4 Å². The number of carbonyl (C=O) groups excluding carboxylic acids is 1. The Morgan fingerprint density at radius 2 is 1.66 bits per heavy atom. The van der Waals surface area contributed by atoms with Crippen molar-refractivity contribution in [2.45, 2.75) is 25.6 Å². The van der Waals surface area contributed by atoms with E-state index in [1.165, 1.54) is 17.4 Å². The number of aromatic nitrogens is 3. The van der Waals surface area contributed by atoms with Crippen LogP contribution in [0.2, 0.25) is 0 Å². The maximum atomic E-state index is 12.7. The van der Waals surface area contributed by atoms with Gasteiger partial charge in [0.15, 0.2) is 11.0 Å². The number of ether oxygens (including phenoxy) is 1. The fourth-order valence-corrected chi connectivity index (χ4v) is 4.66. The van der Waals surface area contributed by atoms with Crippen LogP contribution in [0, 0.1) is 13.8 Å². The van der Waals surface area contributed by atoms with Gasteiger partial charge in [-0.25, -0.2) is 0 Å². The lowest BCUT2D eigenvalue weighted by molar-refractivity contribution is -0.128. The molecule has 8 heteroatoms. The van der Waals surface area contributed by atoms with Gasteiger partial charge < -0.3 is 19.1 Å². The molecule has 1 aliphatic rings. The summed E-state index contributed by atoms with van der Waals surface area (Å²) in [6, 6.07) is 16.4. The van der Waals surface area contributed by atoms with Crippen molar-refractivity contribution in [1.29, 1.82) is 0 Å². The average Bonchev–Trinajstić information content (AvgIpc) is 3.17. The summed E-state index contributed by atoms with van der Waals surface area (Å²) >= 11 is 1.42. The number of aryl methyl sites for hydroxylation is 2. The van der Waals surface area contributed by atoms with Crippen molar-refractivity contribution in [3.8, 4) is 5.75 Å². The van der Waals surface area contributed by atoms with Crippen LogP contribution in [0.3, 0.4) is 0 Å². The molecule has 0 saturated carbocycles. The zero-order valence-corrected chi connectivity index (χ0v) is 19.6. The maximum Gasteiger partial charge on any atom is 0.233 e. The first-order chi connectivity index (χ1) is 15.5. The first kappa shape index (κ1) is 22.2. The van der Waals surface area contributed by atoms with E-state index >= 15 is 0 Å². The summed E-state index contributed by atoms with van der Waals surface area (Å²) in [7, 11) is 1.91. The molecule has 0 atom stereocenters. The number of hydrogen-bond donors (Lipinski definition) is 0. The molecule has 1 aromatic heterocycles. The van der Waals surface area contributed by atoms with E-state index in [0.717, 1.165) is 54.0 Å². The zero-order valence-electron chi connectivity index (χ0n) is 18.8. The van der Waals surface area contributed by atoms with Crippen LogP contribution >= 0.6 is 11.8 Å². The lowest BCUT2D eigenvalue weighted by Crippen LogP contribution is -2.49. The van der Waals surface area contributed by atoms with Gasteiger partial charge in [0.05, 0.1) is 5.75 Å². The summed E-state index contributed by atoms with van der Waals surface area (Å²) < 4.78 is 7.90. The summed E-state index contributed by atoms with van der Waals surface area (Å²) in [5.74, 6) is 2.11. The predicted octanol–water partition coefficient (Wildman–Crippen LogP) is 3.45. The van der Waals surface area contributed by atoms with Crippen molar-refractivity contribution in [2.24, 2.45) is 7.05 Å². The minimum absolute atomic E-state index is 0.138. The van der Waals surface area contributed by atoms with Gasteiger partial charge in [-0.2, -0.15) is 0 Å². The number of nitrogens with zero attached hydrogens (tertiary/aromatic N) is 5. The monoisotopic (exact) mass is 451 g/mol. The second kappa shape index (κ2) is 10.1. The molecule has 2 aromatic carbocycles. The SMILES string of the molecule is Cc1cccc(C)c1OCc1nnc(SCC(=O)N2CCN(c3ccccc3)CC2)n1C. The maximum absolute atomic E-state index is 12.7. The number of hydrogen-bond acceptors (Lipinski definition) is 6. The van der Waals surface area contributed by atoms with Crippen LogP contribution in [0.5, 0.6) is 5.75 Å². The van der Waals surface area contributed by atoms with Gasteiger partial charge in [-0.3, -0.25) is 4.79 Å². The molecule has 0 aliphatic carbocycles. The zero-order chi connectivity index (χ0) is 22.5. The van der Waals surface area contributed by atoms with Gasteiger partial charge in [-0.1, -0.05) is 48.2 Å². The molecule has 1 saturated heterocycles. The largest absolute Gasteiger partial charge is 0.485 e. The normalized spacial score (nSPS) is 14.0. The molecule has 0 N–H and O–H groups in total. The van der Waals surface area contributed by atoms with Crippen molar-refractivity contribution in [1.82, 2.24) is 19.7 Å². The fraction of sp³-hybridized carbons (Fsp3) is 0.375. The molecule has 4 rings (SSSR count). The van der Waals surface area contributed by atoms with E-state index in [4.69, 9.17) is 4.74 Å². The Bertz CT molecular complexity index is 1040. The van der Waals surface area contributed by atoms with E-state index in [1.807, 2.05) is 66.8 Å². The minimum atomic E-state index is 0.138. The fourth-order valence-electron chi connectivity index (χ4n) is 3.83. The van der Waals surface area contributed by atoms with Crippen molar-refractivity contribution >= 4 is 23.4 Å². The molecule has 0 spiro atoms. The van der Waals surface area contributed by atoms with Gasteiger partial charge in [-0.15, -0.1) is 10.2 Å². The highest BCUT2D eigenvalue weighted by Gasteiger charge is 2.22. The van der Waals surface area contributed by atoms with Crippen LogP contribution < -0.4 is 9.64 Å². The van der Waals surface area contributed by atoms with E-state index in [1.54, 1.807) is 0 Å². The van der Waals surface area contributed by atoms with Gasteiger partial charge in [0, 0.05) is 38.9 Å².